The lowest BCUT2D eigenvalue weighted by atomic mass is 10.1. The number of aliphatic hydroxyl groups is 2. The highest BCUT2D eigenvalue weighted by Gasteiger charge is 2.53. The van der Waals surface area contributed by atoms with Crippen molar-refractivity contribution in [2.75, 3.05) is 13.2 Å². The molecule has 2 rings (SSSR count). The molecular weight excluding hydrogens is 236 g/mol. The van der Waals surface area contributed by atoms with Gasteiger partial charge >= 0.3 is 5.69 Å². The van der Waals surface area contributed by atoms with Crippen LogP contribution in [-0.2, 0) is 6.54 Å². The first-order valence-electron chi connectivity index (χ1n) is 5.74. The van der Waals surface area contributed by atoms with Gasteiger partial charge in [-0.15, -0.1) is 0 Å². The minimum Gasteiger partial charge on any atom is -0.396 e. The summed E-state index contributed by atoms with van der Waals surface area (Å²) in [4.78, 5) is 25.2. The van der Waals surface area contributed by atoms with E-state index in [4.69, 9.17) is 5.11 Å². The molecule has 1 aromatic rings. The number of aliphatic hydroxyl groups excluding tert-OH is 2. The van der Waals surface area contributed by atoms with Crippen LogP contribution in [0.2, 0.25) is 0 Å². The third-order valence-electron chi connectivity index (χ3n) is 3.64. The van der Waals surface area contributed by atoms with Gasteiger partial charge in [0.05, 0.1) is 12.2 Å². The zero-order valence-corrected chi connectivity index (χ0v) is 9.93. The Morgan fingerprint density at radius 3 is 2.78 bits per heavy atom. The molecule has 0 aliphatic heterocycles. The second kappa shape index (κ2) is 4.55. The maximum Gasteiger partial charge on any atom is 0.328 e. The molecule has 0 bridgehead atoms. The van der Waals surface area contributed by atoms with Crippen LogP contribution >= 0.6 is 0 Å². The molecular formula is C12H16N2O4. The number of hydrogen-bond acceptors (Lipinski definition) is 4. The van der Waals surface area contributed by atoms with E-state index in [2.05, 4.69) is 11.6 Å². The lowest BCUT2D eigenvalue weighted by Gasteiger charge is -2.15. The van der Waals surface area contributed by atoms with E-state index >= 15 is 0 Å². The topological polar surface area (TPSA) is 95.3 Å². The fourth-order valence-electron chi connectivity index (χ4n) is 2.26. The van der Waals surface area contributed by atoms with Gasteiger partial charge < -0.3 is 10.2 Å². The molecule has 0 radical (unpaired) electrons. The zero-order valence-electron chi connectivity index (χ0n) is 9.93. The van der Waals surface area contributed by atoms with Crippen molar-refractivity contribution < 1.29 is 10.2 Å². The molecule has 1 aliphatic carbocycles. The maximum atomic E-state index is 11.7. The smallest absolute Gasteiger partial charge is 0.328 e. The summed E-state index contributed by atoms with van der Waals surface area (Å²) >= 11 is 0. The van der Waals surface area contributed by atoms with Crippen LogP contribution in [0.25, 0.3) is 6.08 Å². The number of nitrogens with one attached hydrogen (secondary N) is 1. The Morgan fingerprint density at radius 2 is 2.28 bits per heavy atom. The summed E-state index contributed by atoms with van der Waals surface area (Å²) in [7, 11) is 0. The second-order valence-electron chi connectivity index (χ2n) is 4.78. The lowest BCUT2D eigenvalue weighted by molar-refractivity contribution is 0.156. The molecule has 1 aliphatic rings. The Morgan fingerprint density at radius 1 is 1.56 bits per heavy atom. The molecule has 0 aromatic carbocycles. The highest BCUT2D eigenvalue weighted by molar-refractivity contribution is 5.43. The van der Waals surface area contributed by atoms with E-state index in [9.17, 15) is 14.7 Å². The van der Waals surface area contributed by atoms with Crippen LogP contribution in [0.4, 0.5) is 0 Å². The van der Waals surface area contributed by atoms with Crippen LogP contribution in [0.5, 0.6) is 0 Å². The fourth-order valence-corrected chi connectivity index (χ4v) is 2.26. The Balaban J connectivity index is 2.33. The van der Waals surface area contributed by atoms with Gasteiger partial charge in [0.1, 0.15) is 0 Å². The van der Waals surface area contributed by atoms with E-state index in [1.54, 1.807) is 0 Å². The van der Waals surface area contributed by atoms with Crippen LogP contribution in [-0.4, -0.2) is 33.0 Å². The number of nitrogens with zero attached hydrogens (tertiary/aromatic N) is 1. The van der Waals surface area contributed by atoms with Crippen molar-refractivity contribution in [3.05, 3.63) is 39.2 Å². The van der Waals surface area contributed by atoms with Crippen molar-refractivity contribution in [3.63, 3.8) is 0 Å². The minimum atomic E-state index is -0.512. The molecule has 1 aromatic heterocycles. The molecule has 0 saturated heterocycles. The van der Waals surface area contributed by atoms with Gasteiger partial charge in [0.25, 0.3) is 5.56 Å². The minimum absolute atomic E-state index is 0.00696. The summed E-state index contributed by atoms with van der Waals surface area (Å²) in [5.74, 6) is 0.00788. The molecule has 2 atom stereocenters. The van der Waals surface area contributed by atoms with Gasteiger partial charge in [0, 0.05) is 24.8 Å². The summed E-state index contributed by atoms with van der Waals surface area (Å²) in [6, 6.07) is 0. The third kappa shape index (κ3) is 2.04. The SMILES string of the molecule is C=Cc1cn(CC2(CO)CC2CO)c(=O)[nH]c1=O. The van der Waals surface area contributed by atoms with Crippen LogP contribution in [0.3, 0.4) is 0 Å². The molecule has 6 heteroatoms. The van der Waals surface area contributed by atoms with Gasteiger partial charge in [0.15, 0.2) is 0 Å². The van der Waals surface area contributed by atoms with Gasteiger partial charge in [-0.25, -0.2) is 4.79 Å². The first kappa shape index (κ1) is 12.8. The fraction of sp³-hybridized carbons (Fsp3) is 0.500. The highest BCUT2D eigenvalue weighted by Crippen LogP contribution is 2.52. The quantitative estimate of drug-likeness (QED) is 0.637. The molecule has 1 saturated carbocycles. The Hall–Kier alpha value is -1.66. The van der Waals surface area contributed by atoms with E-state index < -0.39 is 16.7 Å². The molecule has 0 amide bonds. The molecule has 1 fully saturated rings. The Kier molecular flexibility index (Phi) is 3.23. The number of aromatic nitrogens is 2. The number of rotatable bonds is 5. The van der Waals surface area contributed by atoms with Crippen molar-refractivity contribution in [1.82, 2.24) is 9.55 Å². The van der Waals surface area contributed by atoms with Crippen molar-refractivity contribution in [2.45, 2.75) is 13.0 Å². The highest BCUT2D eigenvalue weighted by atomic mass is 16.3. The molecule has 1 heterocycles. The number of H-pyrrole nitrogens is 1. The van der Waals surface area contributed by atoms with E-state index in [1.807, 2.05) is 0 Å². The van der Waals surface area contributed by atoms with Crippen molar-refractivity contribution in [3.8, 4) is 0 Å². The van der Waals surface area contributed by atoms with Gasteiger partial charge in [0.2, 0.25) is 0 Å². The van der Waals surface area contributed by atoms with Gasteiger partial charge in [-0.2, -0.15) is 0 Å². The summed E-state index contributed by atoms with van der Waals surface area (Å²) < 4.78 is 1.35. The van der Waals surface area contributed by atoms with Crippen LogP contribution in [0.1, 0.15) is 12.0 Å². The second-order valence-corrected chi connectivity index (χ2v) is 4.78. The standard InChI is InChI=1S/C12H16N2O4/c1-2-8-4-14(11(18)13-10(8)17)6-12(7-16)3-9(12)5-15/h2,4,9,15-16H,1,3,5-7H2,(H,13,17,18). The van der Waals surface area contributed by atoms with E-state index in [-0.39, 0.29) is 25.7 Å². The summed E-state index contributed by atoms with van der Waals surface area (Å²) in [6.45, 7) is 3.69. The molecule has 2 unspecified atom stereocenters. The van der Waals surface area contributed by atoms with E-state index in [0.717, 1.165) is 0 Å². The largest absolute Gasteiger partial charge is 0.396 e. The molecule has 6 nitrogen and oxygen atoms in total. The number of hydrogen-bond donors (Lipinski definition) is 3. The lowest BCUT2D eigenvalue weighted by Crippen LogP contribution is -2.34. The third-order valence-corrected chi connectivity index (χ3v) is 3.64. The zero-order chi connectivity index (χ0) is 13.3. The first-order valence-corrected chi connectivity index (χ1v) is 5.74. The molecule has 0 spiro atoms. The summed E-state index contributed by atoms with van der Waals surface area (Å²) in [5.41, 5.74) is -1.13. The summed E-state index contributed by atoms with van der Waals surface area (Å²) in [5, 5.41) is 18.5. The monoisotopic (exact) mass is 252 g/mol. The molecule has 3 N–H and O–H groups in total. The number of aromatic amines is 1. The van der Waals surface area contributed by atoms with E-state index in [1.165, 1.54) is 16.8 Å². The molecule has 98 valence electrons. The predicted octanol–water partition coefficient (Wildman–Crippen LogP) is -0.830. The van der Waals surface area contributed by atoms with Gasteiger partial charge in [-0.1, -0.05) is 12.7 Å². The van der Waals surface area contributed by atoms with E-state index in [0.29, 0.717) is 12.0 Å². The molecule has 18 heavy (non-hydrogen) atoms. The summed E-state index contributed by atoms with van der Waals surface area (Å²) in [6.07, 6.45) is 3.48. The first-order chi connectivity index (χ1) is 8.56. The van der Waals surface area contributed by atoms with Gasteiger partial charge in [-0.05, 0) is 12.3 Å². The van der Waals surface area contributed by atoms with Crippen molar-refractivity contribution in [1.29, 1.82) is 0 Å². The normalized spacial score (nSPS) is 26.0. The Labute approximate surface area is 103 Å². The maximum absolute atomic E-state index is 11.7. The average Bonchev–Trinajstić information content (AvgIpc) is 3.07. The predicted molar refractivity (Wildman–Crippen MR) is 66.1 cm³/mol. The Bertz CT molecular complexity index is 574. The van der Waals surface area contributed by atoms with Crippen molar-refractivity contribution >= 4 is 6.08 Å². The van der Waals surface area contributed by atoms with Crippen molar-refractivity contribution in [2.24, 2.45) is 11.3 Å². The van der Waals surface area contributed by atoms with Gasteiger partial charge in [-0.3, -0.25) is 14.3 Å². The van der Waals surface area contributed by atoms with Crippen LogP contribution in [0, 0.1) is 11.3 Å². The average molecular weight is 252 g/mol. The van der Waals surface area contributed by atoms with Crippen LogP contribution in [0.15, 0.2) is 22.4 Å². The van der Waals surface area contributed by atoms with Crippen LogP contribution < -0.4 is 11.2 Å².